The number of amides is 1. The van der Waals surface area contributed by atoms with Crippen molar-refractivity contribution < 1.29 is 19.1 Å². The fourth-order valence-corrected chi connectivity index (χ4v) is 4.17. The molecule has 0 unspecified atom stereocenters. The Hall–Kier alpha value is -4.21. The number of nitrogens with zero attached hydrogens (tertiary/aromatic N) is 2. The number of ketones is 1. The Balaban J connectivity index is 1.47. The molecule has 0 spiro atoms. The van der Waals surface area contributed by atoms with E-state index in [0.29, 0.717) is 12.1 Å². The third-order valence-corrected chi connectivity index (χ3v) is 5.83. The van der Waals surface area contributed by atoms with Gasteiger partial charge in [0.25, 0.3) is 5.56 Å². The first-order valence-electron chi connectivity index (χ1n) is 10.9. The van der Waals surface area contributed by atoms with Crippen LogP contribution in [0.1, 0.15) is 30.1 Å². The fourth-order valence-electron chi connectivity index (χ4n) is 4.17. The summed E-state index contributed by atoms with van der Waals surface area (Å²) in [5, 5.41) is 1.86. The molecule has 3 N–H and O–H groups in total. The Kier molecular flexibility index (Phi) is 6.31. The highest BCUT2D eigenvalue weighted by molar-refractivity contribution is 6.07. The van der Waals surface area contributed by atoms with Crippen molar-refractivity contribution in [3.05, 3.63) is 68.9 Å². The van der Waals surface area contributed by atoms with E-state index in [1.54, 1.807) is 4.90 Å². The van der Waals surface area contributed by atoms with Crippen molar-refractivity contribution in [3.8, 4) is 0 Å². The van der Waals surface area contributed by atoms with Gasteiger partial charge in [-0.05, 0) is 17.9 Å². The zero-order valence-electron chi connectivity index (χ0n) is 18.6. The maximum atomic E-state index is 12.7. The zero-order chi connectivity index (χ0) is 24.4. The minimum absolute atomic E-state index is 0.0552. The molecule has 1 fully saturated rings. The van der Waals surface area contributed by atoms with Crippen LogP contribution in [0.25, 0.3) is 10.8 Å². The number of aromatic nitrogens is 2. The third-order valence-electron chi connectivity index (χ3n) is 5.83. The van der Waals surface area contributed by atoms with Gasteiger partial charge in [0.1, 0.15) is 11.4 Å². The van der Waals surface area contributed by atoms with Gasteiger partial charge in [0, 0.05) is 24.9 Å². The van der Waals surface area contributed by atoms with Gasteiger partial charge in [-0.3, -0.25) is 28.7 Å². The number of nitrogens with two attached hydrogens (primary N) is 1. The minimum atomic E-state index is -0.936. The van der Waals surface area contributed by atoms with E-state index in [0.717, 1.165) is 15.3 Å². The van der Waals surface area contributed by atoms with Crippen molar-refractivity contribution in [2.45, 2.75) is 26.3 Å². The lowest BCUT2D eigenvalue weighted by atomic mass is 10.1. The number of nitrogens with one attached hydrogen (secondary N) is 1. The number of hydrogen-bond acceptors (Lipinski definition) is 7. The average molecular weight is 464 g/mol. The van der Waals surface area contributed by atoms with E-state index in [9.17, 15) is 24.0 Å². The van der Waals surface area contributed by atoms with Gasteiger partial charge in [0.05, 0.1) is 11.6 Å². The van der Waals surface area contributed by atoms with Crippen LogP contribution in [0.4, 0.5) is 11.5 Å². The molecule has 1 amide bonds. The largest absolute Gasteiger partial charge is 0.457 e. The summed E-state index contributed by atoms with van der Waals surface area (Å²) >= 11 is 0. The highest BCUT2D eigenvalue weighted by Crippen LogP contribution is 2.32. The molecule has 10 nitrogen and oxygen atoms in total. The molecule has 1 saturated heterocycles. The minimum Gasteiger partial charge on any atom is -0.457 e. The smallest absolute Gasteiger partial charge is 0.329 e. The predicted molar refractivity (Wildman–Crippen MR) is 126 cm³/mol. The zero-order valence-corrected chi connectivity index (χ0v) is 18.6. The molecular weight excluding hydrogens is 440 g/mol. The lowest BCUT2D eigenvalue weighted by molar-refractivity contribution is -0.147. The Morgan fingerprint density at radius 1 is 1.12 bits per heavy atom. The van der Waals surface area contributed by atoms with Crippen molar-refractivity contribution in [2.75, 3.05) is 23.8 Å². The predicted octanol–water partition coefficient (Wildman–Crippen LogP) is 1.46. The molecule has 176 valence electrons. The summed E-state index contributed by atoms with van der Waals surface area (Å²) in [7, 11) is 0. The normalized spacial score (nSPS) is 15.6. The molecule has 0 saturated carbocycles. The molecular formula is C24H24N4O6. The number of Topliss-reactive ketones (excluding diaryl/α,β-unsaturated/α-hetero) is 1. The van der Waals surface area contributed by atoms with Gasteiger partial charge in [-0.2, -0.15) is 0 Å². The van der Waals surface area contributed by atoms with Crippen LogP contribution in [0.5, 0.6) is 0 Å². The molecule has 0 bridgehead atoms. The molecule has 1 aromatic heterocycles. The van der Waals surface area contributed by atoms with E-state index in [1.165, 1.54) is 0 Å². The van der Waals surface area contributed by atoms with Crippen LogP contribution >= 0.6 is 0 Å². The van der Waals surface area contributed by atoms with E-state index in [2.05, 4.69) is 4.98 Å². The fraction of sp³-hybridized carbons (Fsp3) is 0.292. The van der Waals surface area contributed by atoms with Crippen LogP contribution in [0.15, 0.2) is 52.1 Å². The average Bonchev–Trinajstić information content (AvgIpc) is 3.21. The van der Waals surface area contributed by atoms with Crippen LogP contribution in [-0.2, 0) is 20.9 Å². The Labute approximate surface area is 193 Å². The van der Waals surface area contributed by atoms with Crippen molar-refractivity contribution in [1.29, 1.82) is 0 Å². The summed E-state index contributed by atoms with van der Waals surface area (Å²) in [4.78, 5) is 65.6. The first-order valence-corrected chi connectivity index (χ1v) is 10.9. The van der Waals surface area contributed by atoms with Crippen LogP contribution in [-0.4, -0.2) is 40.4 Å². The standard InChI is InChI=1S/C24H24N4O6/c1-2-10-27-21(25)20(22(31)26-24(27)33)18(29)13-34-23(32)15-11-19(30)28(12-15)17-9-5-7-14-6-3-4-8-16(14)17/h3-9,15H,2,10-13,25H2,1H3,(H,26,31,33)/t15-/m1/s1. The Morgan fingerprint density at radius 2 is 1.85 bits per heavy atom. The molecule has 10 heteroatoms. The van der Waals surface area contributed by atoms with Crippen molar-refractivity contribution in [1.82, 2.24) is 9.55 Å². The summed E-state index contributed by atoms with van der Waals surface area (Å²) in [5.74, 6) is -2.80. The lowest BCUT2D eigenvalue weighted by Crippen LogP contribution is -2.37. The van der Waals surface area contributed by atoms with Gasteiger partial charge in [0.2, 0.25) is 11.7 Å². The second kappa shape index (κ2) is 9.34. The number of fused-ring (bicyclic) bond motifs is 1. The van der Waals surface area contributed by atoms with Crippen LogP contribution in [0, 0.1) is 5.92 Å². The molecule has 34 heavy (non-hydrogen) atoms. The number of nitrogen functional groups attached to an aromatic ring is 1. The summed E-state index contributed by atoms with van der Waals surface area (Å²) in [6.07, 6.45) is 0.502. The summed E-state index contributed by atoms with van der Waals surface area (Å²) < 4.78 is 6.23. The second-order valence-electron chi connectivity index (χ2n) is 8.11. The molecule has 1 atom stereocenters. The number of carbonyl (C=O) groups excluding carboxylic acids is 3. The molecule has 0 radical (unpaired) electrons. The van der Waals surface area contributed by atoms with Gasteiger partial charge in [0.15, 0.2) is 6.61 Å². The molecule has 3 aromatic rings. The molecule has 1 aliphatic rings. The number of rotatable bonds is 7. The first kappa shape index (κ1) is 23.0. The van der Waals surface area contributed by atoms with Crippen molar-refractivity contribution >= 4 is 39.9 Å². The lowest BCUT2D eigenvalue weighted by Gasteiger charge is -2.18. The number of carbonyl (C=O) groups is 3. The number of ether oxygens (including phenoxy) is 1. The quantitative estimate of drug-likeness (QED) is 0.398. The molecule has 4 rings (SSSR count). The van der Waals surface area contributed by atoms with Gasteiger partial charge >= 0.3 is 11.7 Å². The van der Waals surface area contributed by atoms with Crippen LogP contribution in [0.3, 0.4) is 0 Å². The SMILES string of the molecule is CCCn1c(N)c(C(=O)COC(=O)[C@@H]2CC(=O)N(c3cccc4ccccc34)C2)c(=O)[nH]c1=O. The van der Waals surface area contributed by atoms with E-state index < -0.39 is 41.1 Å². The Bertz CT molecular complexity index is 1400. The van der Waals surface area contributed by atoms with Crippen LogP contribution < -0.4 is 21.9 Å². The van der Waals surface area contributed by atoms with Gasteiger partial charge in [-0.25, -0.2) is 4.79 Å². The third kappa shape index (κ3) is 4.21. The van der Waals surface area contributed by atoms with E-state index in [4.69, 9.17) is 10.5 Å². The number of esters is 1. The highest BCUT2D eigenvalue weighted by Gasteiger charge is 2.37. The van der Waals surface area contributed by atoms with E-state index in [-0.39, 0.29) is 31.2 Å². The molecule has 0 aliphatic carbocycles. The van der Waals surface area contributed by atoms with E-state index in [1.807, 2.05) is 49.4 Å². The number of H-pyrrole nitrogens is 1. The number of anilines is 2. The molecule has 2 heterocycles. The van der Waals surface area contributed by atoms with Gasteiger partial charge in [-0.1, -0.05) is 43.3 Å². The molecule has 2 aromatic carbocycles. The Morgan fingerprint density at radius 3 is 2.62 bits per heavy atom. The van der Waals surface area contributed by atoms with Gasteiger partial charge < -0.3 is 15.4 Å². The summed E-state index contributed by atoms with van der Waals surface area (Å²) in [6.45, 7) is 1.42. The number of benzene rings is 2. The maximum Gasteiger partial charge on any atom is 0.329 e. The maximum absolute atomic E-state index is 12.7. The van der Waals surface area contributed by atoms with E-state index >= 15 is 0 Å². The van der Waals surface area contributed by atoms with Crippen molar-refractivity contribution in [3.63, 3.8) is 0 Å². The number of aromatic amines is 1. The highest BCUT2D eigenvalue weighted by atomic mass is 16.5. The second-order valence-corrected chi connectivity index (χ2v) is 8.11. The summed E-state index contributed by atoms with van der Waals surface area (Å²) in [5.41, 5.74) is 4.50. The molecule has 1 aliphatic heterocycles. The number of hydrogen-bond donors (Lipinski definition) is 2. The van der Waals surface area contributed by atoms with Crippen LogP contribution in [0.2, 0.25) is 0 Å². The summed E-state index contributed by atoms with van der Waals surface area (Å²) in [6, 6.07) is 13.2. The topological polar surface area (TPSA) is 145 Å². The monoisotopic (exact) mass is 464 g/mol. The van der Waals surface area contributed by atoms with Gasteiger partial charge in [-0.15, -0.1) is 0 Å². The van der Waals surface area contributed by atoms with Crippen molar-refractivity contribution in [2.24, 2.45) is 5.92 Å². The first-order chi connectivity index (χ1) is 16.3.